The molecule has 0 aromatic carbocycles. The molecule has 0 aliphatic rings. The van der Waals surface area contributed by atoms with Crippen molar-refractivity contribution in [2.75, 3.05) is 10.5 Å². The molecule has 0 aliphatic heterocycles. The second-order valence-corrected chi connectivity index (χ2v) is 4.92. The molecule has 0 saturated carbocycles. The van der Waals surface area contributed by atoms with Crippen LogP contribution in [0.4, 0.5) is 16.0 Å². The Labute approximate surface area is 102 Å². The van der Waals surface area contributed by atoms with Gasteiger partial charge in [0.2, 0.25) is 5.95 Å². The van der Waals surface area contributed by atoms with Gasteiger partial charge in [-0.25, -0.2) is 22.8 Å². The summed E-state index contributed by atoms with van der Waals surface area (Å²) in [7, 11) is -3.95. The average molecular weight is 269 g/mol. The van der Waals surface area contributed by atoms with Crippen LogP contribution >= 0.6 is 0 Å². The molecule has 0 amide bonds. The van der Waals surface area contributed by atoms with Crippen molar-refractivity contribution >= 4 is 21.7 Å². The molecule has 0 saturated heterocycles. The van der Waals surface area contributed by atoms with Crippen LogP contribution in [0.15, 0.2) is 35.7 Å². The third-order valence-electron chi connectivity index (χ3n) is 1.98. The Balaban J connectivity index is 2.33. The molecule has 2 rings (SSSR count). The van der Waals surface area contributed by atoms with E-state index >= 15 is 0 Å². The standard InChI is InChI=1S/C9H8FN5O2S/c10-7-5-12-2-1-8(7)15-18(16,17)6-3-13-9(11)14-4-6/h1-5H,(H,12,15)(H2,11,13,14). The zero-order valence-electron chi connectivity index (χ0n) is 8.91. The summed E-state index contributed by atoms with van der Waals surface area (Å²) < 4.78 is 39.0. The number of nitrogen functional groups attached to an aromatic ring is 1. The van der Waals surface area contributed by atoms with Crippen LogP contribution < -0.4 is 10.5 Å². The van der Waals surface area contributed by atoms with Gasteiger partial charge in [0.1, 0.15) is 4.90 Å². The van der Waals surface area contributed by atoms with Crippen LogP contribution in [-0.4, -0.2) is 23.4 Å². The predicted molar refractivity (Wildman–Crippen MR) is 61.4 cm³/mol. The van der Waals surface area contributed by atoms with Crippen LogP contribution in [0.3, 0.4) is 0 Å². The van der Waals surface area contributed by atoms with E-state index in [1.165, 1.54) is 12.3 Å². The minimum absolute atomic E-state index is 0.0518. The van der Waals surface area contributed by atoms with Crippen LogP contribution in [0.5, 0.6) is 0 Å². The fourth-order valence-electron chi connectivity index (χ4n) is 1.13. The number of aromatic nitrogens is 3. The van der Waals surface area contributed by atoms with Gasteiger partial charge in [-0.15, -0.1) is 0 Å². The molecule has 0 fully saturated rings. The topological polar surface area (TPSA) is 111 Å². The normalized spacial score (nSPS) is 11.2. The molecule has 0 atom stereocenters. The number of nitrogens with two attached hydrogens (primary N) is 1. The molecule has 9 heteroatoms. The fourth-order valence-corrected chi connectivity index (χ4v) is 2.08. The summed E-state index contributed by atoms with van der Waals surface area (Å²) in [5.41, 5.74) is 5.03. The number of nitrogens with one attached hydrogen (secondary N) is 1. The Kier molecular flexibility index (Phi) is 3.06. The summed E-state index contributed by atoms with van der Waals surface area (Å²) >= 11 is 0. The smallest absolute Gasteiger partial charge is 0.265 e. The Morgan fingerprint density at radius 1 is 1.22 bits per heavy atom. The molecule has 0 bridgehead atoms. The third-order valence-corrected chi connectivity index (χ3v) is 3.30. The first kappa shape index (κ1) is 12.2. The average Bonchev–Trinajstić information content (AvgIpc) is 2.32. The molecule has 2 heterocycles. The SMILES string of the molecule is Nc1ncc(S(=O)(=O)Nc2ccncc2F)cn1. The number of halogens is 1. The summed E-state index contributed by atoms with van der Waals surface area (Å²) in [5.74, 6) is -0.832. The van der Waals surface area contributed by atoms with Crippen molar-refractivity contribution in [3.05, 3.63) is 36.7 Å². The van der Waals surface area contributed by atoms with Crippen LogP contribution in [0, 0.1) is 5.82 Å². The van der Waals surface area contributed by atoms with Gasteiger partial charge in [0, 0.05) is 6.20 Å². The van der Waals surface area contributed by atoms with E-state index < -0.39 is 15.8 Å². The zero-order chi connectivity index (χ0) is 13.2. The third kappa shape index (κ3) is 2.51. The van der Waals surface area contributed by atoms with Gasteiger partial charge in [-0.3, -0.25) is 9.71 Å². The maximum Gasteiger partial charge on any atom is 0.265 e. The molecule has 18 heavy (non-hydrogen) atoms. The van der Waals surface area contributed by atoms with Crippen molar-refractivity contribution in [1.29, 1.82) is 0 Å². The van der Waals surface area contributed by atoms with Gasteiger partial charge in [-0.2, -0.15) is 0 Å². The molecule has 0 spiro atoms. The highest BCUT2D eigenvalue weighted by atomic mass is 32.2. The van der Waals surface area contributed by atoms with Crippen molar-refractivity contribution in [1.82, 2.24) is 15.0 Å². The largest absolute Gasteiger partial charge is 0.368 e. The highest BCUT2D eigenvalue weighted by Crippen LogP contribution is 2.16. The second kappa shape index (κ2) is 4.53. The number of hydrogen-bond donors (Lipinski definition) is 2. The first-order chi connectivity index (χ1) is 8.49. The van der Waals surface area contributed by atoms with Gasteiger partial charge >= 0.3 is 0 Å². The summed E-state index contributed by atoms with van der Waals surface area (Å²) in [6.45, 7) is 0. The van der Waals surface area contributed by atoms with Gasteiger partial charge in [0.05, 0.1) is 24.3 Å². The molecular formula is C9H8FN5O2S. The van der Waals surface area contributed by atoms with Crippen LogP contribution in [0.1, 0.15) is 0 Å². The van der Waals surface area contributed by atoms with Gasteiger partial charge in [0.15, 0.2) is 5.82 Å². The van der Waals surface area contributed by atoms with Crippen molar-refractivity contribution in [3.8, 4) is 0 Å². The lowest BCUT2D eigenvalue weighted by Gasteiger charge is -2.07. The lowest BCUT2D eigenvalue weighted by molar-refractivity contribution is 0.597. The first-order valence-electron chi connectivity index (χ1n) is 4.69. The Bertz CT molecular complexity index is 659. The summed E-state index contributed by atoms with van der Waals surface area (Å²) in [6, 6.07) is 1.20. The van der Waals surface area contributed by atoms with Crippen molar-refractivity contribution in [2.45, 2.75) is 4.90 Å². The lowest BCUT2D eigenvalue weighted by Crippen LogP contribution is -2.15. The van der Waals surface area contributed by atoms with Crippen molar-refractivity contribution < 1.29 is 12.8 Å². The molecule has 2 aromatic rings. The Morgan fingerprint density at radius 3 is 2.50 bits per heavy atom. The van der Waals surface area contributed by atoms with E-state index in [9.17, 15) is 12.8 Å². The second-order valence-electron chi connectivity index (χ2n) is 3.24. The Hall–Kier alpha value is -2.29. The summed E-state index contributed by atoms with van der Waals surface area (Å²) in [4.78, 5) is 10.4. The number of sulfonamides is 1. The summed E-state index contributed by atoms with van der Waals surface area (Å²) in [5, 5.41) is 0. The molecule has 7 nitrogen and oxygen atoms in total. The van der Waals surface area contributed by atoms with E-state index in [0.717, 1.165) is 18.6 Å². The predicted octanol–water partition coefficient (Wildman–Crippen LogP) is 0.394. The van der Waals surface area contributed by atoms with Crippen LogP contribution in [0.25, 0.3) is 0 Å². The Morgan fingerprint density at radius 2 is 1.89 bits per heavy atom. The van der Waals surface area contributed by atoms with Gasteiger partial charge in [0.25, 0.3) is 10.0 Å². The summed E-state index contributed by atoms with van der Waals surface area (Å²) in [6.07, 6.45) is 4.23. The number of rotatable bonds is 3. The zero-order valence-corrected chi connectivity index (χ0v) is 9.72. The number of hydrogen-bond acceptors (Lipinski definition) is 6. The molecule has 94 valence electrons. The van der Waals surface area contributed by atoms with E-state index in [4.69, 9.17) is 5.73 Å². The van der Waals surface area contributed by atoms with Crippen molar-refractivity contribution in [2.24, 2.45) is 0 Å². The van der Waals surface area contributed by atoms with Gasteiger partial charge < -0.3 is 5.73 Å². The van der Waals surface area contributed by atoms with Crippen LogP contribution in [-0.2, 0) is 10.0 Å². The first-order valence-corrected chi connectivity index (χ1v) is 6.17. The monoisotopic (exact) mass is 269 g/mol. The number of anilines is 2. The van der Waals surface area contributed by atoms with Gasteiger partial charge in [-0.1, -0.05) is 0 Å². The minimum atomic E-state index is -3.95. The minimum Gasteiger partial charge on any atom is -0.368 e. The van der Waals surface area contributed by atoms with Crippen LogP contribution in [0.2, 0.25) is 0 Å². The molecule has 0 aliphatic carbocycles. The van der Waals surface area contributed by atoms with Crippen molar-refractivity contribution in [3.63, 3.8) is 0 Å². The number of nitrogens with zero attached hydrogens (tertiary/aromatic N) is 3. The van der Waals surface area contributed by atoms with E-state index in [0.29, 0.717) is 0 Å². The highest BCUT2D eigenvalue weighted by molar-refractivity contribution is 7.92. The molecule has 3 N–H and O–H groups in total. The molecular weight excluding hydrogens is 261 g/mol. The van der Waals surface area contributed by atoms with E-state index in [2.05, 4.69) is 19.7 Å². The maximum absolute atomic E-state index is 13.3. The highest BCUT2D eigenvalue weighted by Gasteiger charge is 2.17. The fraction of sp³-hybridized carbons (Fsp3) is 0. The van der Waals surface area contributed by atoms with E-state index in [1.54, 1.807) is 0 Å². The van der Waals surface area contributed by atoms with E-state index in [-0.39, 0.29) is 16.5 Å². The molecule has 2 aromatic heterocycles. The quantitative estimate of drug-likeness (QED) is 0.834. The van der Waals surface area contributed by atoms with E-state index in [1.807, 2.05) is 0 Å². The molecule has 0 unspecified atom stereocenters. The lowest BCUT2D eigenvalue weighted by atomic mass is 10.4. The number of pyridine rings is 1. The molecule has 0 radical (unpaired) electrons. The van der Waals surface area contributed by atoms with Gasteiger partial charge in [-0.05, 0) is 6.07 Å². The maximum atomic E-state index is 13.3.